The highest BCUT2D eigenvalue weighted by Gasteiger charge is 2.41. The van der Waals surface area contributed by atoms with Gasteiger partial charge in [-0.2, -0.15) is 0 Å². The third kappa shape index (κ3) is 1.79. The van der Waals surface area contributed by atoms with Crippen LogP contribution in [-0.4, -0.2) is 25.1 Å². The fourth-order valence-corrected chi connectivity index (χ4v) is 3.74. The minimum atomic E-state index is 0.0783. The monoisotopic (exact) mass is 239 g/mol. The predicted octanol–water partition coefficient (Wildman–Crippen LogP) is 1.80. The molecule has 2 rings (SSSR count). The topological polar surface area (TPSA) is 37.0 Å². The number of thiazole rings is 1. The molecule has 2 N–H and O–H groups in total. The molecular weight excluding hydrogens is 218 g/mol. The van der Waals surface area contributed by atoms with E-state index in [4.69, 9.17) is 4.98 Å². The third-order valence-electron chi connectivity index (χ3n) is 3.84. The Hall–Kier alpha value is -0.450. The average Bonchev–Trinajstić information content (AvgIpc) is 2.61. The summed E-state index contributed by atoms with van der Waals surface area (Å²) in [6, 6.07) is 0. The Bertz CT molecular complexity index is 355. The SMILES string of the molecule is CNC1(c2nc(C)c(C)s2)CCNCC1C. The molecule has 1 aliphatic heterocycles. The maximum atomic E-state index is 4.76. The Morgan fingerprint density at radius 1 is 1.50 bits per heavy atom. The Kier molecular flexibility index (Phi) is 3.33. The van der Waals surface area contributed by atoms with E-state index in [1.165, 1.54) is 15.6 Å². The first-order valence-electron chi connectivity index (χ1n) is 5.94. The van der Waals surface area contributed by atoms with Crippen molar-refractivity contribution in [3.8, 4) is 0 Å². The molecule has 0 spiro atoms. The third-order valence-corrected chi connectivity index (χ3v) is 5.09. The lowest BCUT2D eigenvalue weighted by Gasteiger charge is -2.41. The van der Waals surface area contributed by atoms with Crippen LogP contribution in [0, 0.1) is 19.8 Å². The molecule has 0 bridgehead atoms. The molecule has 16 heavy (non-hydrogen) atoms. The quantitative estimate of drug-likeness (QED) is 0.826. The van der Waals surface area contributed by atoms with Crippen molar-refractivity contribution in [2.75, 3.05) is 20.1 Å². The van der Waals surface area contributed by atoms with Crippen LogP contribution < -0.4 is 10.6 Å². The first kappa shape index (κ1) is 12.0. The molecule has 1 aromatic heterocycles. The van der Waals surface area contributed by atoms with Gasteiger partial charge in [-0.1, -0.05) is 6.92 Å². The molecule has 4 heteroatoms. The zero-order valence-electron chi connectivity index (χ0n) is 10.6. The van der Waals surface area contributed by atoms with Crippen LogP contribution in [-0.2, 0) is 5.54 Å². The molecule has 0 radical (unpaired) electrons. The second-order valence-corrected chi connectivity index (χ2v) is 5.94. The normalized spacial score (nSPS) is 30.6. The van der Waals surface area contributed by atoms with Gasteiger partial charge in [0.1, 0.15) is 5.01 Å². The molecule has 2 unspecified atom stereocenters. The summed E-state index contributed by atoms with van der Waals surface area (Å²) in [5, 5.41) is 8.25. The van der Waals surface area contributed by atoms with Crippen molar-refractivity contribution >= 4 is 11.3 Å². The maximum absolute atomic E-state index is 4.76. The number of nitrogens with one attached hydrogen (secondary N) is 2. The van der Waals surface area contributed by atoms with Crippen molar-refractivity contribution in [2.45, 2.75) is 32.7 Å². The van der Waals surface area contributed by atoms with Crippen LogP contribution in [0.15, 0.2) is 0 Å². The number of aryl methyl sites for hydroxylation is 2. The van der Waals surface area contributed by atoms with Gasteiger partial charge in [0.05, 0.1) is 11.2 Å². The Labute approximate surface area is 102 Å². The fraction of sp³-hybridized carbons (Fsp3) is 0.750. The first-order valence-corrected chi connectivity index (χ1v) is 6.76. The van der Waals surface area contributed by atoms with Crippen molar-refractivity contribution < 1.29 is 0 Å². The summed E-state index contributed by atoms with van der Waals surface area (Å²) in [7, 11) is 2.06. The maximum Gasteiger partial charge on any atom is 0.114 e. The highest BCUT2D eigenvalue weighted by atomic mass is 32.1. The van der Waals surface area contributed by atoms with E-state index in [1.54, 1.807) is 0 Å². The van der Waals surface area contributed by atoms with Crippen molar-refractivity contribution in [3.63, 3.8) is 0 Å². The smallest absolute Gasteiger partial charge is 0.114 e. The van der Waals surface area contributed by atoms with E-state index >= 15 is 0 Å². The molecule has 0 aromatic carbocycles. The summed E-state index contributed by atoms with van der Waals surface area (Å²) in [6.07, 6.45) is 1.12. The molecular formula is C12H21N3S. The number of hydrogen-bond donors (Lipinski definition) is 2. The standard InChI is InChI=1S/C12H21N3S/c1-8-7-14-6-5-12(8,13-4)11-15-9(2)10(3)16-11/h8,13-14H,5-7H2,1-4H3. The Balaban J connectivity index is 2.39. The van der Waals surface area contributed by atoms with Gasteiger partial charge in [0.15, 0.2) is 0 Å². The van der Waals surface area contributed by atoms with Crippen LogP contribution in [0.5, 0.6) is 0 Å². The van der Waals surface area contributed by atoms with Gasteiger partial charge in [-0.3, -0.25) is 0 Å². The van der Waals surface area contributed by atoms with Crippen LogP contribution >= 0.6 is 11.3 Å². The molecule has 1 fully saturated rings. The fourth-order valence-electron chi connectivity index (χ4n) is 2.48. The van der Waals surface area contributed by atoms with E-state index in [9.17, 15) is 0 Å². The van der Waals surface area contributed by atoms with E-state index < -0.39 is 0 Å². The zero-order chi connectivity index (χ0) is 11.8. The van der Waals surface area contributed by atoms with Gasteiger partial charge in [0, 0.05) is 4.88 Å². The molecule has 2 atom stereocenters. The summed E-state index contributed by atoms with van der Waals surface area (Å²) in [5.41, 5.74) is 1.26. The molecule has 0 aliphatic carbocycles. The predicted molar refractivity (Wildman–Crippen MR) is 69.0 cm³/mol. The van der Waals surface area contributed by atoms with Crippen molar-refractivity contribution in [2.24, 2.45) is 5.92 Å². The van der Waals surface area contributed by atoms with Gasteiger partial charge in [-0.25, -0.2) is 4.98 Å². The average molecular weight is 239 g/mol. The molecule has 0 amide bonds. The molecule has 1 saturated heterocycles. The lowest BCUT2D eigenvalue weighted by atomic mass is 9.80. The lowest BCUT2D eigenvalue weighted by molar-refractivity contribution is 0.179. The number of nitrogens with zero attached hydrogens (tertiary/aromatic N) is 1. The second kappa shape index (κ2) is 4.43. The van der Waals surface area contributed by atoms with Gasteiger partial charge in [-0.15, -0.1) is 11.3 Å². The van der Waals surface area contributed by atoms with Crippen LogP contribution in [0.1, 0.15) is 28.9 Å². The number of hydrogen-bond acceptors (Lipinski definition) is 4. The van der Waals surface area contributed by atoms with E-state index in [1.807, 2.05) is 11.3 Å². The van der Waals surface area contributed by atoms with Gasteiger partial charge in [0.25, 0.3) is 0 Å². The number of rotatable bonds is 2. The van der Waals surface area contributed by atoms with E-state index in [0.29, 0.717) is 5.92 Å². The molecule has 1 aliphatic rings. The lowest BCUT2D eigenvalue weighted by Crippen LogP contribution is -2.54. The molecule has 0 saturated carbocycles. The summed E-state index contributed by atoms with van der Waals surface area (Å²) in [4.78, 5) is 6.10. The Morgan fingerprint density at radius 2 is 2.25 bits per heavy atom. The first-order chi connectivity index (χ1) is 7.60. The van der Waals surface area contributed by atoms with Gasteiger partial charge >= 0.3 is 0 Å². The van der Waals surface area contributed by atoms with Crippen molar-refractivity contribution in [3.05, 3.63) is 15.6 Å². The Morgan fingerprint density at radius 3 is 2.75 bits per heavy atom. The van der Waals surface area contributed by atoms with Crippen molar-refractivity contribution in [1.82, 2.24) is 15.6 Å². The minimum Gasteiger partial charge on any atom is -0.316 e. The molecule has 90 valence electrons. The van der Waals surface area contributed by atoms with Gasteiger partial charge < -0.3 is 10.6 Å². The number of aromatic nitrogens is 1. The molecule has 3 nitrogen and oxygen atoms in total. The zero-order valence-corrected chi connectivity index (χ0v) is 11.4. The van der Waals surface area contributed by atoms with Crippen LogP contribution in [0.3, 0.4) is 0 Å². The van der Waals surface area contributed by atoms with E-state index in [-0.39, 0.29) is 5.54 Å². The second-order valence-electron chi connectivity index (χ2n) is 4.74. The van der Waals surface area contributed by atoms with E-state index in [0.717, 1.165) is 19.5 Å². The molecule has 2 heterocycles. The van der Waals surface area contributed by atoms with E-state index in [2.05, 4.69) is 38.5 Å². The van der Waals surface area contributed by atoms with Gasteiger partial charge in [-0.05, 0) is 46.3 Å². The highest BCUT2D eigenvalue weighted by molar-refractivity contribution is 7.11. The highest BCUT2D eigenvalue weighted by Crippen LogP contribution is 2.37. The summed E-state index contributed by atoms with van der Waals surface area (Å²) in [5.74, 6) is 0.580. The number of piperidine rings is 1. The van der Waals surface area contributed by atoms with Crippen LogP contribution in [0.2, 0.25) is 0 Å². The largest absolute Gasteiger partial charge is 0.316 e. The van der Waals surface area contributed by atoms with Crippen molar-refractivity contribution in [1.29, 1.82) is 0 Å². The summed E-state index contributed by atoms with van der Waals surface area (Å²) in [6.45, 7) is 8.70. The molecule has 1 aromatic rings. The summed E-state index contributed by atoms with van der Waals surface area (Å²) < 4.78 is 0. The van der Waals surface area contributed by atoms with Crippen LogP contribution in [0.25, 0.3) is 0 Å². The summed E-state index contributed by atoms with van der Waals surface area (Å²) >= 11 is 1.85. The minimum absolute atomic E-state index is 0.0783. The van der Waals surface area contributed by atoms with Crippen LogP contribution in [0.4, 0.5) is 0 Å². The van der Waals surface area contributed by atoms with Gasteiger partial charge in [0.2, 0.25) is 0 Å².